The van der Waals surface area contributed by atoms with Gasteiger partial charge in [-0.2, -0.15) is 0 Å². The molecule has 0 amide bonds. The largest absolute Gasteiger partial charge is 0.478 e. The maximum atomic E-state index is 13.7. The number of rotatable bonds is 6. The molecule has 3 rings (SSSR count). The Kier molecular flexibility index (Phi) is 5.27. The van der Waals surface area contributed by atoms with Crippen LogP contribution in [0.3, 0.4) is 0 Å². The molecule has 0 unspecified atom stereocenters. The molecular weight excluding hydrogens is 336 g/mol. The van der Waals surface area contributed by atoms with Crippen LogP contribution in [0, 0.1) is 11.6 Å². The van der Waals surface area contributed by atoms with E-state index in [1.807, 2.05) is 0 Å². The van der Waals surface area contributed by atoms with E-state index in [2.05, 4.69) is 5.32 Å². The Labute approximate surface area is 149 Å². The molecule has 0 radical (unpaired) electrons. The van der Waals surface area contributed by atoms with Crippen LogP contribution in [0.25, 0.3) is 0 Å². The smallest absolute Gasteiger partial charge is 0.337 e. The molecule has 2 N–H and O–H groups in total. The molecule has 3 aromatic carbocycles. The first-order valence-electron chi connectivity index (χ1n) is 8.15. The summed E-state index contributed by atoms with van der Waals surface area (Å²) < 4.78 is 26.8. The van der Waals surface area contributed by atoms with Gasteiger partial charge in [0, 0.05) is 5.69 Å². The van der Waals surface area contributed by atoms with Gasteiger partial charge < -0.3 is 10.4 Å². The van der Waals surface area contributed by atoms with Crippen molar-refractivity contribution in [1.82, 2.24) is 0 Å². The molecule has 26 heavy (non-hydrogen) atoms. The first kappa shape index (κ1) is 17.6. The maximum absolute atomic E-state index is 13.7. The molecule has 0 bridgehead atoms. The fourth-order valence-electron chi connectivity index (χ4n) is 2.71. The van der Waals surface area contributed by atoms with Crippen LogP contribution in [0.15, 0.2) is 66.7 Å². The lowest BCUT2D eigenvalue weighted by molar-refractivity contribution is 0.0698. The third kappa shape index (κ3) is 4.25. The summed E-state index contributed by atoms with van der Waals surface area (Å²) in [5.74, 6) is -1.68. The average molecular weight is 353 g/mol. The minimum absolute atomic E-state index is 0.115. The van der Waals surface area contributed by atoms with Gasteiger partial charge in [0.25, 0.3) is 0 Å². The number of benzene rings is 3. The summed E-state index contributed by atoms with van der Waals surface area (Å²) >= 11 is 0. The standard InChI is InChI=1S/C21H17F2NO2/c22-16-8-10-17(11-9-16)24-20-13-14(6-12-18(20)21(25)26)5-7-15-3-1-2-4-19(15)23/h1-4,6,8-13,24H,5,7H2,(H,25,26). The molecule has 0 fully saturated rings. The molecule has 0 aliphatic rings. The van der Waals surface area contributed by atoms with Crippen LogP contribution < -0.4 is 5.32 Å². The van der Waals surface area contributed by atoms with Crippen molar-refractivity contribution in [2.75, 3.05) is 5.32 Å². The fourth-order valence-corrected chi connectivity index (χ4v) is 2.71. The Morgan fingerprint density at radius 2 is 1.65 bits per heavy atom. The van der Waals surface area contributed by atoms with Gasteiger partial charge in [-0.25, -0.2) is 13.6 Å². The highest BCUT2D eigenvalue weighted by molar-refractivity contribution is 5.95. The molecule has 3 aromatic rings. The second-order valence-corrected chi connectivity index (χ2v) is 5.91. The van der Waals surface area contributed by atoms with Crippen LogP contribution in [0.4, 0.5) is 20.2 Å². The maximum Gasteiger partial charge on any atom is 0.337 e. The van der Waals surface area contributed by atoms with Crippen molar-refractivity contribution in [2.45, 2.75) is 12.8 Å². The molecule has 0 heterocycles. The average Bonchev–Trinajstić information content (AvgIpc) is 2.63. The summed E-state index contributed by atoms with van der Waals surface area (Å²) in [6.45, 7) is 0. The van der Waals surface area contributed by atoms with E-state index in [4.69, 9.17) is 0 Å². The van der Waals surface area contributed by atoms with E-state index in [-0.39, 0.29) is 17.2 Å². The van der Waals surface area contributed by atoms with Crippen LogP contribution >= 0.6 is 0 Å². The van der Waals surface area contributed by atoms with Crippen molar-refractivity contribution in [3.63, 3.8) is 0 Å². The van der Waals surface area contributed by atoms with Crippen LogP contribution in [0.5, 0.6) is 0 Å². The van der Waals surface area contributed by atoms with E-state index in [9.17, 15) is 18.7 Å². The minimum Gasteiger partial charge on any atom is -0.478 e. The van der Waals surface area contributed by atoms with Crippen LogP contribution in [-0.4, -0.2) is 11.1 Å². The lowest BCUT2D eigenvalue weighted by Gasteiger charge is -2.12. The summed E-state index contributed by atoms with van der Waals surface area (Å²) in [5, 5.41) is 12.4. The van der Waals surface area contributed by atoms with Gasteiger partial charge in [-0.05, 0) is 66.4 Å². The fraction of sp³-hybridized carbons (Fsp3) is 0.0952. The number of anilines is 2. The van der Waals surface area contributed by atoms with Crippen LogP contribution in [0.2, 0.25) is 0 Å². The van der Waals surface area contributed by atoms with Crippen molar-refractivity contribution < 1.29 is 18.7 Å². The lowest BCUT2D eigenvalue weighted by atomic mass is 10.0. The summed E-state index contributed by atoms with van der Waals surface area (Å²) in [7, 11) is 0. The SMILES string of the molecule is O=C(O)c1ccc(CCc2ccccc2F)cc1Nc1ccc(F)cc1. The van der Waals surface area contributed by atoms with Gasteiger partial charge in [0.1, 0.15) is 11.6 Å². The summed E-state index contributed by atoms with van der Waals surface area (Å²) in [6.07, 6.45) is 1.08. The normalized spacial score (nSPS) is 10.5. The van der Waals surface area contributed by atoms with E-state index in [0.717, 1.165) is 5.56 Å². The molecule has 0 aromatic heterocycles. The molecule has 132 valence electrons. The van der Waals surface area contributed by atoms with Crippen molar-refractivity contribution in [3.05, 3.63) is 95.1 Å². The number of hydrogen-bond donors (Lipinski definition) is 2. The number of carbonyl (C=O) groups is 1. The van der Waals surface area contributed by atoms with E-state index in [0.29, 0.717) is 29.8 Å². The number of carboxylic acids is 1. The zero-order chi connectivity index (χ0) is 18.5. The van der Waals surface area contributed by atoms with Crippen LogP contribution in [0.1, 0.15) is 21.5 Å². The van der Waals surface area contributed by atoms with E-state index >= 15 is 0 Å². The summed E-state index contributed by atoms with van der Waals surface area (Å²) in [5.41, 5.74) is 2.60. The monoisotopic (exact) mass is 353 g/mol. The van der Waals surface area contributed by atoms with E-state index in [1.54, 1.807) is 30.3 Å². The molecular formula is C21H17F2NO2. The van der Waals surface area contributed by atoms with Gasteiger partial charge in [0.15, 0.2) is 0 Å². The first-order valence-corrected chi connectivity index (χ1v) is 8.15. The molecule has 0 saturated carbocycles. The molecule has 0 saturated heterocycles. The van der Waals surface area contributed by atoms with E-state index < -0.39 is 5.97 Å². The van der Waals surface area contributed by atoms with Crippen molar-refractivity contribution in [3.8, 4) is 0 Å². The zero-order valence-corrected chi connectivity index (χ0v) is 13.9. The van der Waals surface area contributed by atoms with E-state index in [1.165, 1.54) is 36.4 Å². The second-order valence-electron chi connectivity index (χ2n) is 5.91. The number of nitrogens with one attached hydrogen (secondary N) is 1. The van der Waals surface area contributed by atoms with Gasteiger partial charge in [0.05, 0.1) is 11.3 Å². The van der Waals surface area contributed by atoms with Crippen molar-refractivity contribution >= 4 is 17.3 Å². The van der Waals surface area contributed by atoms with Gasteiger partial charge in [-0.15, -0.1) is 0 Å². The van der Waals surface area contributed by atoms with Gasteiger partial charge in [0.2, 0.25) is 0 Å². The molecule has 0 aliphatic heterocycles. The quantitative estimate of drug-likeness (QED) is 0.641. The zero-order valence-electron chi connectivity index (χ0n) is 13.9. The number of halogens is 2. The molecule has 0 spiro atoms. The summed E-state index contributed by atoms with van der Waals surface area (Å²) in [6, 6.07) is 17.2. The molecule has 0 atom stereocenters. The number of aryl methyl sites for hydroxylation is 2. The van der Waals surface area contributed by atoms with Gasteiger partial charge in [-0.1, -0.05) is 24.3 Å². The summed E-state index contributed by atoms with van der Waals surface area (Å²) in [4.78, 5) is 11.5. The highest BCUT2D eigenvalue weighted by Gasteiger charge is 2.12. The number of aromatic carboxylic acids is 1. The lowest BCUT2D eigenvalue weighted by Crippen LogP contribution is -2.04. The Bertz CT molecular complexity index is 924. The van der Waals surface area contributed by atoms with Crippen molar-refractivity contribution in [1.29, 1.82) is 0 Å². The van der Waals surface area contributed by atoms with Crippen molar-refractivity contribution in [2.24, 2.45) is 0 Å². The van der Waals surface area contributed by atoms with Gasteiger partial charge in [-0.3, -0.25) is 0 Å². The Morgan fingerprint density at radius 1 is 0.923 bits per heavy atom. The molecule has 5 heteroatoms. The predicted molar refractivity (Wildman–Crippen MR) is 96.9 cm³/mol. The van der Waals surface area contributed by atoms with Crippen LogP contribution in [-0.2, 0) is 12.8 Å². The molecule has 0 aliphatic carbocycles. The third-order valence-corrected chi connectivity index (χ3v) is 4.08. The Morgan fingerprint density at radius 3 is 2.35 bits per heavy atom. The minimum atomic E-state index is -1.06. The second kappa shape index (κ2) is 7.78. The molecule has 3 nitrogen and oxygen atoms in total. The Balaban J connectivity index is 1.82. The first-order chi connectivity index (χ1) is 12.5. The highest BCUT2D eigenvalue weighted by Crippen LogP contribution is 2.24. The Hall–Kier alpha value is -3.21. The van der Waals surface area contributed by atoms with Gasteiger partial charge >= 0.3 is 5.97 Å². The topological polar surface area (TPSA) is 49.3 Å². The number of hydrogen-bond acceptors (Lipinski definition) is 2. The highest BCUT2D eigenvalue weighted by atomic mass is 19.1. The number of carboxylic acid groups (broad SMARTS) is 1. The predicted octanol–water partition coefficient (Wildman–Crippen LogP) is 5.19. The third-order valence-electron chi connectivity index (χ3n) is 4.08.